The van der Waals surface area contributed by atoms with Crippen LogP contribution in [-0.2, 0) is 24.1 Å². The van der Waals surface area contributed by atoms with Gasteiger partial charge in [-0.1, -0.05) is 0 Å². The second-order valence-corrected chi connectivity index (χ2v) is 8.01. The number of carbonyl (C=O) groups excluding carboxylic acids is 2. The van der Waals surface area contributed by atoms with E-state index in [-0.39, 0.29) is 17.9 Å². The molecule has 8 heteroatoms. The van der Waals surface area contributed by atoms with Crippen molar-refractivity contribution in [2.45, 2.75) is 38.8 Å². The van der Waals surface area contributed by atoms with Crippen molar-refractivity contribution in [3.63, 3.8) is 0 Å². The summed E-state index contributed by atoms with van der Waals surface area (Å²) >= 11 is 0. The predicted molar refractivity (Wildman–Crippen MR) is 71.9 cm³/mol. The Morgan fingerprint density at radius 2 is 1.85 bits per heavy atom. The lowest BCUT2D eigenvalue weighted by molar-refractivity contribution is -0.146. The Labute approximate surface area is 118 Å². The molecule has 0 bridgehead atoms. The standard InChI is InChI=1S/C12H21NO6S/c1-12(2,3)19-11(15)13-9-7-20(16,17)6-5-8(9)10(14)18-4/h8-9H,5-7H2,1-4H3,(H,13,15)/t8-,9-/m1/s1. The average Bonchev–Trinajstić information content (AvgIpc) is 2.24. The first kappa shape index (κ1) is 16.7. The van der Waals surface area contributed by atoms with Gasteiger partial charge in [-0.25, -0.2) is 13.2 Å². The number of nitrogens with one attached hydrogen (secondary N) is 1. The number of alkyl carbamates (subject to hydrolysis) is 1. The van der Waals surface area contributed by atoms with Gasteiger partial charge in [-0.05, 0) is 27.2 Å². The van der Waals surface area contributed by atoms with Crippen LogP contribution in [0.1, 0.15) is 27.2 Å². The summed E-state index contributed by atoms with van der Waals surface area (Å²) < 4.78 is 33.0. The molecule has 7 nitrogen and oxygen atoms in total. The Bertz CT molecular complexity index is 479. The van der Waals surface area contributed by atoms with Crippen LogP contribution in [0.25, 0.3) is 0 Å². The molecule has 0 aromatic rings. The summed E-state index contributed by atoms with van der Waals surface area (Å²) in [6, 6.07) is -0.823. The Morgan fingerprint density at radius 1 is 1.25 bits per heavy atom. The lowest BCUT2D eigenvalue weighted by atomic mass is 9.98. The largest absolute Gasteiger partial charge is 0.469 e. The maximum atomic E-state index is 11.7. The number of esters is 1. The van der Waals surface area contributed by atoms with Gasteiger partial charge >= 0.3 is 12.1 Å². The van der Waals surface area contributed by atoms with E-state index in [2.05, 4.69) is 10.1 Å². The maximum Gasteiger partial charge on any atom is 0.407 e. The number of amides is 1. The van der Waals surface area contributed by atoms with Gasteiger partial charge in [0.05, 0.1) is 30.6 Å². The highest BCUT2D eigenvalue weighted by Crippen LogP contribution is 2.21. The summed E-state index contributed by atoms with van der Waals surface area (Å²) in [7, 11) is -2.04. The molecular formula is C12H21NO6S. The first-order valence-electron chi connectivity index (χ1n) is 6.32. The molecule has 1 aliphatic heterocycles. The molecule has 0 radical (unpaired) electrons. The van der Waals surface area contributed by atoms with Crippen LogP contribution in [-0.4, -0.2) is 50.7 Å². The number of methoxy groups -OCH3 is 1. The zero-order chi connectivity index (χ0) is 15.6. The van der Waals surface area contributed by atoms with Gasteiger partial charge in [0, 0.05) is 0 Å². The number of hydrogen-bond donors (Lipinski definition) is 1. The van der Waals surface area contributed by atoms with Gasteiger partial charge in [-0.15, -0.1) is 0 Å². The lowest BCUT2D eigenvalue weighted by Gasteiger charge is -2.30. The van der Waals surface area contributed by atoms with E-state index < -0.39 is 39.5 Å². The highest BCUT2D eigenvalue weighted by Gasteiger charge is 2.39. The van der Waals surface area contributed by atoms with Gasteiger partial charge in [-0.2, -0.15) is 0 Å². The first-order valence-corrected chi connectivity index (χ1v) is 8.14. The Balaban J connectivity index is 2.79. The summed E-state index contributed by atoms with van der Waals surface area (Å²) in [6.07, 6.45) is -0.608. The van der Waals surface area contributed by atoms with Crippen molar-refractivity contribution < 1.29 is 27.5 Å². The molecule has 1 aliphatic rings. The number of hydrogen-bond acceptors (Lipinski definition) is 6. The highest BCUT2D eigenvalue weighted by atomic mass is 32.2. The van der Waals surface area contributed by atoms with Gasteiger partial charge in [0.25, 0.3) is 0 Å². The zero-order valence-electron chi connectivity index (χ0n) is 12.1. The molecule has 1 N–H and O–H groups in total. The fraction of sp³-hybridized carbons (Fsp3) is 0.833. The fourth-order valence-corrected chi connectivity index (χ4v) is 3.66. The van der Waals surface area contributed by atoms with Crippen LogP contribution < -0.4 is 5.32 Å². The fourth-order valence-electron chi connectivity index (χ4n) is 2.02. The van der Waals surface area contributed by atoms with Crippen LogP contribution in [0.2, 0.25) is 0 Å². The van der Waals surface area contributed by atoms with E-state index in [4.69, 9.17) is 4.74 Å². The Morgan fingerprint density at radius 3 is 2.35 bits per heavy atom. The van der Waals surface area contributed by atoms with Crippen molar-refractivity contribution in [2.24, 2.45) is 5.92 Å². The van der Waals surface area contributed by atoms with Gasteiger partial charge < -0.3 is 14.8 Å². The molecule has 0 spiro atoms. The van der Waals surface area contributed by atoms with Crippen molar-refractivity contribution in [1.29, 1.82) is 0 Å². The molecule has 1 heterocycles. The molecule has 20 heavy (non-hydrogen) atoms. The molecule has 0 unspecified atom stereocenters. The van der Waals surface area contributed by atoms with Crippen molar-refractivity contribution in [1.82, 2.24) is 5.32 Å². The zero-order valence-corrected chi connectivity index (χ0v) is 13.0. The molecule has 0 aromatic carbocycles. The van der Waals surface area contributed by atoms with E-state index >= 15 is 0 Å². The summed E-state index contributed by atoms with van der Waals surface area (Å²) in [5.74, 6) is -1.57. The third kappa shape index (κ3) is 4.99. The molecule has 1 amide bonds. The van der Waals surface area contributed by atoms with Crippen molar-refractivity contribution in [2.75, 3.05) is 18.6 Å². The van der Waals surface area contributed by atoms with E-state index in [0.29, 0.717) is 0 Å². The van der Waals surface area contributed by atoms with Crippen LogP contribution in [0, 0.1) is 5.92 Å². The van der Waals surface area contributed by atoms with E-state index in [1.165, 1.54) is 7.11 Å². The average molecular weight is 307 g/mol. The molecule has 1 fully saturated rings. The second kappa shape index (κ2) is 5.99. The summed E-state index contributed by atoms with van der Waals surface area (Å²) in [6.45, 7) is 5.09. The minimum absolute atomic E-state index is 0.0841. The number of carbonyl (C=O) groups is 2. The van der Waals surface area contributed by atoms with Crippen LogP contribution in [0.5, 0.6) is 0 Å². The molecule has 0 aromatic heterocycles. The summed E-state index contributed by atoms with van der Waals surface area (Å²) in [5, 5.41) is 2.46. The smallest absolute Gasteiger partial charge is 0.407 e. The normalized spacial score (nSPS) is 25.6. The molecule has 1 saturated heterocycles. The van der Waals surface area contributed by atoms with Gasteiger partial charge in [0.2, 0.25) is 0 Å². The van der Waals surface area contributed by atoms with Gasteiger partial charge in [-0.3, -0.25) is 4.79 Å². The van der Waals surface area contributed by atoms with E-state index in [9.17, 15) is 18.0 Å². The molecular weight excluding hydrogens is 286 g/mol. The van der Waals surface area contributed by atoms with Crippen LogP contribution in [0.15, 0.2) is 0 Å². The topological polar surface area (TPSA) is 98.8 Å². The van der Waals surface area contributed by atoms with E-state index in [0.717, 1.165) is 0 Å². The minimum Gasteiger partial charge on any atom is -0.469 e. The monoisotopic (exact) mass is 307 g/mol. The quantitative estimate of drug-likeness (QED) is 0.745. The van der Waals surface area contributed by atoms with E-state index in [1.54, 1.807) is 20.8 Å². The Kier molecular flexibility index (Phi) is 5.01. The first-order chi connectivity index (χ1) is 9.04. The third-order valence-electron chi connectivity index (χ3n) is 2.87. The second-order valence-electron chi connectivity index (χ2n) is 5.79. The predicted octanol–water partition coefficient (Wildman–Crippen LogP) is 0.487. The van der Waals surface area contributed by atoms with Gasteiger partial charge in [0.15, 0.2) is 9.84 Å². The lowest BCUT2D eigenvalue weighted by Crippen LogP contribution is -2.52. The number of ether oxygens (including phenoxy) is 2. The molecule has 116 valence electrons. The van der Waals surface area contributed by atoms with E-state index in [1.807, 2.05) is 0 Å². The number of sulfone groups is 1. The minimum atomic E-state index is -3.27. The van der Waals surface area contributed by atoms with Crippen molar-refractivity contribution >= 4 is 21.9 Å². The maximum absolute atomic E-state index is 11.7. The van der Waals surface area contributed by atoms with Crippen LogP contribution in [0.3, 0.4) is 0 Å². The molecule has 2 atom stereocenters. The third-order valence-corrected chi connectivity index (χ3v) is 4.59. The highest BCUT2D eigenvalue weighted by molar-refractivity contribution is 7.91. The van der Waals surface area contributed by atoms with Crippen molar-refractivity contribution in [3.05, 3.63) is 0 Å². The van der Waals surface area contributed by atoms with Crippen LogP contribution in [0.4, 0.5) is 4.79 Å². The number of rotatable bonds is 2. The Hall–Kier alpha value is -1.31. The molecule has 0 aliphatic carbocycles. The summed E-state index contributed by atoms with van der Waals surface area (Å²) in [4.78, 5) is 23.4. The SMILES string of the molecule is COC(=O)[C@@H]1CCS(=O)(=O)C[C@H]1NC(=O)OC(C)(C)C. The molecule has 0 saturated carbocycles. The summed E-state index contributed by atoms with van der Waals surface area (Å²) in [5.41, 5.74) is -0.696. The van der Waals surface area contributed by atoms with Crippen molar-refractivity contribution in [3.8, 4) is 0 Å². The van der Waals surface area contributed by atoms with Crippen LogP contribution >= 0.6 is 0 Å². The molecule has 1 rings (SSSR count). The van der Waals surface area contributed by atoms with Gasteiger partial charge in [0.1, 0.15) is 5.60 Å².